The molecule has 0 radical (unpaired) electrons. The lowest BCUT2D eigenvalue weighted by Gasteiger charge is -2.29. The van der Waals surface area contributed by atoms with Crippen molar-refractivity contribution in [1.82, 2.24) is 4.90 Å². The summed E-state index contributed by atoms with van der Waals surface area (Å²) in [7, 11) is -3.03. The van der Waals surface area contributed by atoms with Gasteiger partial charge in [0.2, 0.25) is 5.91 Å². The number of carbonyl (C=O) groups excluding carboxylic acids is 1. The summed E-state index contributed by atoms with van der Waals surface area (Å²) < 4.78 is 23.2. The summed E-state index contributed by atoms with van der Waals surface area (Å²) in [6.07, 6.45) is 8.34. The summed E-state index contributed by atoms with van der Waals surface area (Å²) in [4.78, 5) is 14.1. The van der Waals surface area contributed by atoms with Gasteiger partial charge in [0.25, 0.3) is 0 Å². The van der Waals surface area contributed by atoms with E-state index in [9.17, 15) is 13.2 Å². The fraction of sp³-hybridized carbons (Fsp3) is 0.800. The van der Waals surface area contributed by atoms with Gasteiger partial charge in [-0.3, -0.25) is 4.79 Å². The number of hydrogen-bond acceptors (Lipinski definition) is 4. The standard InChI is InChI=1S/C15H26N2O3S/c1-4-9-17(14-8-10-21(19,20)11-14)15(18)12(2)6-5-7-13(3)16/h1,12-14H,5-11,16H2,2-3H3. The number of terminal acetylenes is 1. The number of rotatable bonds is 7. The van der Waals surface area contributed by atoms with Crippen molar-refractivity contribution in [3.63, 3.8) is 0 Å². The van der Waals surface area contributed by atoms with Crippen LogP contribution in [0.2, 0.25) is 0 Å². The van der Waals surface area contributed by atoms with Gasteiger partial charge in [0.15, 0.2) is 9.84 Å². The summed E-state index contributed by atoms with van der Waals surface area (Å²) in [5.74, 6) is 2.46. The Labute approximate surface area is 128 Å². The van der Waals surface area contributed by atoms with Crippen molar-refractivity contribution >= 4 is 15.7 Å². The van der Waals surface area contributed by atoms with Crippen molar-refractivity contribution in [2.75, 3.05) is 18.1 Å². The predicted molar refractivity (Wildman–Crippen MR) is 84.3 cm³/mol. The van der Waals surface area contributed by atoms with Crippen molar-refractivity contribution in [2.24, 2.45) is 11.7 Å². The molecule has 1 heterocycles. The number of nitrogens with zero attached hydrogens (tertiary/aromatic N) is 1. The zero-order valence-electron chi connectivity index (χ0n) is 12.9. The molecule has 0 aromatic heterocycles. The van der Waals surface area contributed by atoms with Crippen LogP contribution in [0.4, 0.5) is 0 Å². The van der Waals surface area contributed by atoms with E-state index in [1.807, 2.05) is 13.8 Å². The average molecular weight is 314 g/mol. The molecule has 2 N–H and O–H groups in total. The zero-order valence-corrected chi connectivity index (χ0v) is 13.7. The van der Waals surface area contributed by atoms with Crippen LogP contribution < -0.4 is 5.73 Å². The molecule has 1 amide bonds. The third-order valence-corrected chi connectivity index (χ3v) is 5.66. The van der Waals surface area contributed by atoms with Gasteiger partial charge in [-0.25, -0.2) is 8.42 Å². The molecule has 0 spiro atoms. The van der Waals surface area contributed by atoms with Crippen molar-refractivity contribution in [3.8, 4) is 12.3 Å². The van der Waals surface area contributed by atoms with Gasteiger partial charge in [-0.2, -0.15) is 0 Å². The number of hydrogen-bond donors (Lipinski definition) is 1. The molecule has 1 fully saturated rings. The molecule has 0 bridgehead atoms. The van der Waals surface area contributed by atoms with E-state index in [1.165, 1.54) is 0 Å². The van der Waals surface area contributed by atoms with E-state index in [4.69, 9.17) is 12.2 Å². The molecular formula is C15H26N2O3S. The molecule has 6 heteroatoms. The molecule has 0 aliphatic carbocycles. The Kier molecular flexibility index (Phi) is 6.69. The Hall–Kier alpha value is -1.06. The van der Waals surface area contributed by atoms with E-state index in [0.29, 0.717) is 6.42 Å². The van der Waals surface area contributed by atoms with Gasteiger partial charge >= 0.3 is 0 Å². The fourth-order valence-electron chi connectivity index (χ4n) is 2.66. The monoisotopic (exact) mass is 314 g/mol. The highest BCUT2D eigenvalue weighted by atomic mass is 32.2. The zero-order chi connectivity index (χ0) is 16.0. The van der Waals surface area contributed by atoms with Crippen LogP contribution >= 0.6 is 0 Å². The lowest BCUT2D eigenvalue weighted by atomic mass is 10.00. The smallest absolute Gasteiger partial charge is 0.226 e. The number of carbonyl (C=O) groups is 1. The quantitative estimate of drug-likeness (QED) is 0.705. The van der Waals surface area contributed by atoms with Crippen LogP contribution in [0.25, 0.3) is 0 Å². The summed E-state index contributed by atoms with van der Waals surface area (Å²) >= 11 is 0. The summed E-state index contributed by atoms with van der Waals surface area (Å²) in [6, 6.07) is -0.136. The first-order chi connectivity index (χ1) is 9.76. The fourth-order valence-corrected chi connectivity index (χ4v) is 4.39. The predicted octanol–water partition coefficient (Wildman–Crippen LogP) is 0.789. The molecule has 5 nitrogen and oxygen atoms in total. The van der Waals surface area contributed by atoms with Crippen molar-refractivity contribution in [3.05, 3.63) is 0 Å². The maximum atomic E-state index is 12.5. The normalized spacial score (nSPS) is 23.2. The number of nitrogens with two attached hydrogens (primary N) is 1. The van der Waals surface area contributed by atoms with Gasteiger partial charge in [0, 0.05) is 18.0 Å². The second-order valence-electron chi connectivity index (χ2n) is 6.04. The molecule has 1 rings (SSSR count). The van der Waals surface area contributed by atoms with Gasteiger partial charge in [0.05, 0.1) is 18.1 Å². The molecule has 3 unspecified atom stereocenters. The van der Waals surface area contributed by atoms with Crippen LogP contribution in [0.5, 0.6) is 0 Å². The molecule has 21 heavy (non-hydrogen) atoms. The minimum Gasteiger partial charge on any atom is -0.328 e. The van der Waals surface area contributed by atoms with E-state index >= 15 is 0 Å². The first-order valence-electron chi connectivity index (χ1n) is 7.46. The molecule has 0 aromatic rings. The molecule has 0 aromatic carbocycles. The minimum atomic E-state index is -3.03. The summed E-state index contributed by atoms with van der Waals surface area (Å²) in [5, 5.41) is 0. The first-order valence-corrected chi connectivity index (χ1v) is 9.29. The third kappa shape index (κ3) is 5.68. The lowest BCUT2D eigenvalue weighted by Crippen LogP contribution is -2.44. The number of amides is 1. The lowest BCUT2D eigenvalue weighted by molar-refractivity contribution is -0.136. The average Bonchev–Trinajstić information content (AvgIpc) is 2.74. The highest BCUT2D eigenvalue weighted by Gasteiger charge is 2.35. The largest absolute Gasteiger partial charge is 0.328 e. The van der Waals surface area contributed by atoms with Gasteiger partial charge in [0.1, 0.15) is 0 Å². The molecule has 1 saturated heterocycles. The van der Waals surface area contributed by atoms with E-state index < -0.39 is 9.84 Å². The second kappa shape index (κ2) is 7.81. The molecule has 1 aliphatic rings. The van der Waals surface area contributed by atoms with Crippen LogP contribution in [0, 0.1) is 18.3 Å². The molecule has 120 valence electrons. The van der Waals surface area contributed by atoms with Crippen LogP contribution in [0.15, 0.2) is 0 Å². The summed E-state index contributed by atoms with van der Waals surface area (Å²) in [6.45, 7) is 3.99. The molecular weight excluding hydrogens is 288 g/mol. The van der Waals surface area contributed by atoms with Gasteiger partial charge in [-0.05, 0) is 26.2 Å². The van der Waals surface area contributed by atoms with E-state index in [2.05, 4.69) is 5.92 Å². The Morgan fingerprint density at radius 3 is 2.57 bits per heavy atom. The highest BCUT2D eigenvalue weighted by molar-refractivity contribution is 7.91. The Morgan fingerprint density at radius 1 is 1.43 bits per heavy atom. The first kappa shape index (κ1) is 18.0. The van der Waals surface area contributed by atoms with Crippen LogP contribution in [0.3, 0.4) is 0 Å². The summed E-state index contributed by atoms with van der Waals surface area (Å²) in [5.41, 5.74) is 5.70. The van der Waals surface area contributed by atoms with Crippen LogP contribution in [0.1, 0.15) is 39.5 Å². The maximum absolute atomic E-state index is 12.5. The van der Waals surface area contributed by atoms with Gasteiger partial charge in [-0.15, -0.1) is 6.42 Å². The van der Waals surface area contributed by atoms with E-state index in [1.54, 1.807) is 4.90 Å². The Balaban J connectivity index is 2.63. The van der Waals surface area contributed by atoms with Gasteiger partial charge in [-0.1, -0.05) is 19.3 Å². The second-order valence-corrected chi connectivity index (χ2v) is 8.27. The van der Waals surface area contributed by atoms with Crippen LogP contribution in [-0.2, 0) is 14.6 Å². The van der Waals surface area contributed by atoms with Crippen molar-refractivity contribution in [1.29, 1.82) is 0 Å². The highest BCUT2D eigenvalue weighted by Crippen LogP contribution is 2.21. The van der Waals surface area contributed by atoms with E-state index in [-0.39, 0.29) is 42.0 Å². The topological polar surface area (TPSA) is 80.5 Å². The van der Waals surface area contributed by atoms with Crippen LogP contribution in [-0.4, -0.2) is 49.4 Å². The maximum Gasteiger partial charge on any atom is 0.226 e. The van der Waals surface area contributed by atoms with Crippen molar-refractivity contribution < 1.29 is 13.2 Å². The van der Waals surface area contributed by atoms with E-state index in [0.717, 1.165) is 19.3 Å². The Morgan fingerprint density at radius 2 is 2.10 bits per heavy atom. The molecule has 3 atom stereocenters. The SMILES string of the molecule is C#CCN(C(=O)C(C)CCCC(C)N)C1CCS(=O)(=O)C1. The van der Waals surface area contributed by atoms with Crippen molar-refractivity contribution in [2.45, 2.75) is 51.6 Å². The molecule has 0 saturated carbocycles. The van der Waals surface area contributed by atoms with Gasteiger partial charge < -0.3 is 10.6 Å². The number of sulfone groups is 1. The minimum absolute atomic E-state index is 0.0347. The molecule has 1 aliphatic heterocycles. The third-order valence-electron chi connectivity index (χ3n) is 3.91. The Bertz CT molecular complexity index is 494.